The molecule has 2 N–H and O–H groups in total. The van der Waals surface area contributed by atoms with Crippen molar-refractivity contribution in [2.45, 2.75) is 57.4 Å². The molecule has 7 heteroatoms. The molecule has 23 heavy (non-hydrogen) atoms. The van der Waals surface area contributed by atoms with Gasteiger partial charge in [0.25, 0.3) is 5.91 Å². The average molecular weight is 341 g/mol. The number of aromatic nitrogens is 1. The Balaban J connectivity index is 2.01. The van der Waals surface area contributed by atoms with Crippen molar-refractivity contribution in [1.82, 2.24) is 14.6 Å². The first-order valence-corrected chi connectivity index (χ1v) is 9.78. The molecule has 1 aromatic rings. The Hall–Kier alpha value is -1.34. The summed E-state index contributed by atoms with van der Waals surface area (Å²) in [7, 11) is -3.60. The smallest absolute Gasteiger partial charge is 0.270 e. The molecule has 1 amide bonds. The second kappa shape index (κ2) is 7.49. The van der Waals surface area contributed by atoms with Gasteiger partial charge in [-0.1, -0.05) is 13.8 Å². The topological polar surface area (TPSA) is 82.3 Å². The molecule has 1 unspecified atom stereocenters. The van der Waals surface area contributed by atoms with E-state index in [9.17, 15) is 13.2 Å². The number of H-pyrrole nitrogens is 1. The number of rotatable bonds is 7. The van der Waals surface area contributed by atoms with Crippen LogP contribution in [0.2, 0.25) is 0 Å². The highest BCUT2D eigenvalue weighted by Gasteiger charge is 2.24. The third-order valence-corrected chi connectivity index (χ3v) is 5.69. The van der Waals surface area contributed by atoms with Crippen LogP contribution in [0.15, 0.2) is 17.2 Å². The largest absolute Gasteiger partial charge is 0.356 e. The summed E-state index contributed by atoms with van der Waals surface area (Å²) in [5.41, 5.74) is 0.335. The van der Waals surface area contributed by atoms with E-state index in [4.69, 9.17) is 0 Å². The number of amides is 1. The predicted octanol–water partition coefficient (Wildman–Crippen LogP) is 2.35. The van der Waals surface area contributed by atoms with Crippen LogP contribution in [0, 0.1) is 5.92 Å². The third kappa shape index (κ3) is 4.81. The zero-order valence-corrected chi connectivity index (χ0v) is 14.9. The summed E-state index contributed by atoms with van der Waals surface area (Å²) in [6.07, 6.45) is 5.16. The number of nitrogens with zero attached hydrogens (tertiary/aromatic N) is 1. The molecule has 0 spiro atoms. The molecule has 1 aliphatic heterocycles. The van der Waals surface area contributed by atoms with Crippen LogP contribution >= 0.6 is 0 Å². The van der Waals surface area contributed by atoms with Gasteiger partial charge in [0.1, 0.15) is 10.6 Å². The van der Waals surface area contributed by atoms with Crippen molar-refractivity contribution in [2.24, 2.45) is 5.92 Å². The van der Waals surface area contributed by atoms with E-state index < -0.39 is 10.0 Å². The monoisotopic (exact) mass is 341 g/mol. The summed E-state index contributed by atoms with van der Waals surface area (Å²) in [5.74, 6) is 0.413. The molecule has 0 saturated carbocycles. The van der Waals surface area contributed by atoms with Crippen molar-refractivity contribution in [3.05, 3.63) is 18.0 Å². The molecular weight excluding hydrogens is 314 g/mol. The van der Waals surface area contributed by atoms with E-state index in [0.29, 0.717) is 11.6 Å². The van der Waals surface area contributed by atoms with E-state index >= 15 is 0 Å². The molecule has 1 aliphatic rings. The zero-order chi connectivity index (χ0) is 17.0. The lowest BCUT2D eigenvalue weighted by Crippen LogP contribution is -2.32. The van der Waals surface area contributed by atoms with Gasteiger partial charge < -0.3 is 9.88 Å². The molecule has 0 radical (unpaired) electrons. The zero-order valence-electron chi connectivity index (χ0n) is 14.1. The second-order valence-corrected chi connectivity index (χ2v) is 8.46. The van der Waals surface area contributed by atoms with Crippen LogP contribution in [0.5, 0.6) is 0 Å². The highest BCUT2D eigenvalue weighted by molar-refractivity contribution is 7.89. The van der Waals surface area contributed by atoms with E-state index in [1.54, 1.807) is 4.90 Å². The normalized spacial score (nSPS) is 17.0. The van der Waals surface area contributed by atoms with Crippen molar-refractivity contribution in [3.8, 4) is 0 Å². The molecule has 0 aliphatic carbocycles. The van der Waals surface area contributed by atoms with Gasteiger partial charge in [-0.3, -0.25) is 4.79 Å². The van der Waals surface area contributed by atoms with Crippen LogP contribution in [0.25, 0.3) is 0 Å². The molecule has 2 rings (SSSR count). The van der Waals surface area contributed by atoms with Crippen LogP contribution in [-0.2, 0) is 10.0 Å². The number of aromatic amines is 1. The summed E-state index contributed by atoms with van der Waals surface area (Å²) in [5, 5.41) is 0. The van der Waals surface area contributed by atoms with Crippen LogP contribution in [0.3, 0.4) is 0 Å². The van der Waals surface area contributed by atoms with Gasteiger partial charge in [-0.05, 0) is 44.6 Å². The summed E-state index contributed by atoms with van der Waals surface area (Å²) >= 11 is 0. The molecule has 6 nitrogen and oxygen atoms in total. The van der Waals surface area contributed by atoms with Crippen LogP contribution in [0.4, 0.5) is 0 Å². The van der Waals surface area contributed by atoms with Crippen molar-refractivity contribution in [2.75, 3.05) is 13.1 Å². The standard InChI is InChI=1S/C16H27N3O3S/c1-12(2)6-7-13(3)18-23(21,22)14-10-15(17-11-14)16(20)19-8-4-5-9-19/h10-13,17-18H,4-9H2,1-3H3. The third-order valence-electron chi connectivity index (χ3n) is 4.12. The average Bonchev–Trinajstić information content (AvgIpc) is 3.15. The number of nitrogens with one attached hydrogen (secondary N) is 2. The van der Waals surface area contributed by atoms with Crippen molar-refractivity contribution < 1.29 is 13.2 Å². The lowest BCUT2D eigenvalue weighted by atomic mass is 10.1. The number of hydrogen-bond donors (Lipinski definition) is 2. The Morgan fingerprint density at radius 2 is 1.91 bits per heavy atom. The molecular formula is C16H27N3O3S. The van der Waals surface area contributed by atoms with Gasteiger partial charge in [-0.2, -0.15) is 0 Å². The van der Waals surface area contributed by atoms with E-state index in [-0.39, 0.29) is 16.8 Å². The number of carbonyl (C=O) groups excluding carboxylic acids is 1. The fourth-order valence-electron chi connectivity index (χ4n) is 2.72. The molecule has 0 aromatic carbocycles. The number of likely N-dealkylation sites (tertiary alicyclic amines) is 1. The minimum absolute atomic E-state index is 0.122. The van der Waals surface area contributed by atoms with Gasteiger partial charge >= 0.3 is 0 Å². The number of hydrogen-bond acceptors (Lipinski definition) is 3. The van der Waals surface area contributed by atoms with E-state index in [1.165, 1.54) is 12.3 Å². The lowest BCUT2D eigenvalue weighted by molar-refractivity contribution is 0.0787. The van der Waals surface area contributed by atoms with Gasteiger partial charge in [0.15, 0.2) is 0 Å². The Morgan fingerprint density at radius 1 is 1.26 bits per heavy atom. The van der Waals surface area contributed by atoms with Crippen molar-refractivity contribution in [3.63, 3.8) is 0 Å². The Bertz CT molecular complexity index is 631. The second-order valence-electron chi connectivity index (χ2n) is 6.74. The maximum atomic E-state index is 12.4. The van der Waals surface area contributed by atoms with Gasteiger partial charge in [0.2, 0.25) is 10.0 Å². The fourth-order valence-corrected chi connectivity index (χ4v) is 3.99. The minimum atomic E-state index is -3.60. The Morgan fingerprint density at radius 3 is 2.52 bits per heavy atom. The molecule has 0 bridgehead atoms. The summed E-state index contributed by atoms with van der Waals surface area (Å²) < 4.78 is 27.5. The quantitative estimate of drug-likeness (QED) is 0.798. The van der Waals surface area contributed by atoms with Gasteiger partial charge in [0, 0.05) is 25.3 Å². The molecule has 2 heterocycles. The lowest BCUT2D eigenvalue weighted by Gasteiger charge is -2.15. The Kier molecular flexibility index (Phi) is 5.86. The molecule has 1 saturated heterocycles. The Labute approximate surface area is 138 Å². The first-order chi connectivity index (χ1) is 10.8. The van der Waals surface area contributed by atoms with Gasteiger partial charge in [-0.25, -0.2) is 13.1 Å². The van der Waals surface area contributed by atoms with Crippen molar-refractivity contribution >= 4 is 15.9 Å². The molecule has 1 fully saturated rings. The fraction of sp³-hybridized carbons (Fsp3) is 0.688. The van der Waals surface area contributed by atoms with Crippen LogP contribution in [0.1, 0.15) is 56.9 Å². The number of carbonyl (C=O) groups is 1. The SMILES string of the molecule is CC(C)CCC(C)NS(=O)(=O)c1c[nH]c(C(=O)N2CCCC2)c1. The van der Waals surface area contributed by atoms with E-state index in [0.717, 1.165) is 38.8 Å². The highest BCUT2D eigenvalue weighted by Crippen LogP contribution is 2.17. The predicted molar refractivity (Wildman–Crippen MR) is 89.8 cm³/mol. The molecule has 130 valence electrons. The maximum Gasteiger partial charge on any atom is 0.270 e. The maximum absolute atomic E-state index is 12.4. The van der Waals surface area contributed by atoms with Crippen molar-refractivity contribution in [1.29, 1.82) is 0 Å². The first-order valence-electron chi connectivity index (χ1n) is 8.29. The molecule has 1 aromatic heterocycles. The first kappa shape index (κ1) is 18.0. The van der Waals surface area contributed by atoms with Gasteiger partial charge in [0.05, 0.1) is 0 Å². The van der Waals surface area contributed by atoms with Crippen LogP contribution < -0.4 is 4.72 Å². The number of sulfonamides is 1. The summed E-state index contributed by atoms with van der Waals surface area (Å²) in [6, 6.07) is 1.30. The van der Waals surface area contributed by atoms with E-state index in [2.05, 4.69) is 23.6 Å². The van der Waals surface area contributed by atoms with Gasteiger partial charge in [-0.15, -0.1) is 0 Å². The summed E-state index contributed by atoms with van der Waals surface area (Å²) in [6.45, 7) is 7.57. The minimum Gasteiger partial charge on any atom is -0.356 e. The summed E-state index contributed by atoms with van der Waals surface area (Å²) in [4.78, 5) is 16.9. The molecule has 1 atom stereocenters. The van der Waals surface area contributed by atoms with E-state index in [1.807, 2.05) is 6.92 Å². The highest BCUT2D eigenvalue weighted by atomic mass is 32.2. The van der Waals surface area contributed by atoms with Crippen LogP contribution in [-0.4, -0.2) is 43.3 Å².